The number of fused-ring (bicyclic) bond motifs is 2. The van der Waals surface area contributed by atoms with Crippen molar-refractivity contribution < 1.29 is 19.4 Å². The van der Waals surface area contributed by atoms with Crippen LogP contribution in [0.4, 0.5) is 0 Å². The standard InChI is InChI=1S/C12H15NO4/c14-11(13-5-1-2-6-13)9-7-3-4-8(17-7)10(9)12(15)16/h1-2,7-10H,3-6H2,(H,15,16)/t7-,8+,9-,10+/m1/s1. The van der Waals surface area contributed by atoms with Gasteiger partial charge in [0.1, 0.15) is 0 Å². The average Bonchev–Trinajstić information content (AvgIpc) is 3.02. The summed E-state index contributed by atoms with van der Waals surface area (Å²) in [5.41, 5.74) is 0. The molecule has 0 radical (unpaired) electrons. The van der Waals surface area contributed by atoms with Crippen molar-refractivity contribution in [2.45, 2.75) is 25.0 Å². The van der Waals surface area contributed by atoms with Crippen LogP contribution >= 0.6 is 0 Å². The Hall–Kier alpha value is -1.36. The zero-order valence-corrected chi connectivity index (χ0v) is 9.41. The van der Waals surface area contributed by atoms with Gasteiger partial charge in [0.2, 0.25) is 5.91 Å². The van der Waals surface area contributed by atoms with Gasteiger partial charge in [-0.25, -0.2) is 0 Å². The van der Waals surface area contributed by atoms with E-state index in [1.165, 1.54) is 0 Å². The van der Waals surface area contributed by atoms with Crippen LogP contribution in [0.25, 0.3) is 0 Å². The van der Waals surface area contributed by atoms with Crippen molar-refractivity contribution in [3.05, 3.63) is 12.2 Å². The lowest BCUT2D eigenvalue weighted by molar-refractivity contribution is -0.150. The van der Waals surface area contributed by atoms with E-state index in [1.807, 2.05) is 12.2 Å². The van der Waals surface area contributed by atoms with Crippen molar-refractivity contribution in [3.63, 3.8) is 0 Å². The van der Waals surface area contributed by atoms with Crippen LogP contribution in [0.1, 0.15) is 12.8 Å². The lowest BCUT2D eigenvalue weighted by Gasteiger charge is -2.27. The van der Waals surface area contributed by atoms with Gasteiger partial charge >= 0.3 is 5.97 Å². The second kappa shape index (κ2) is 3.84. The Bertz CT molecular complexity index is 384. The van der Waals surface area contributed by atoms with Gasteiger partial charge in [0.25, 0.3) is 0 Å². The minimum atomic E-state index is -0.900. The summed E-state index contributed by atoms with van der Waals surface area (Å²) in [5, 5.41) is 9.23. The van der Waals surface area contributed by atoms with E-state index in [-0.39, 0.29) is 18.1 Å². The molecule has 2 saturated heterocycles. The molecule has 2 bridgehead atoms. The molecule has 17 heavy (non-hydrogen) atoms. The molecule has 5 nitrogen and oxygen atoms in total. The number of carbonyl (C=O) groups is 2. The van der Waals surface area contributed by atoms with Crippen molar-refractivity contribution in [3.8, 4) is 0 Å². The van der Waals surface area contributed by atoms with Crippen molar-refractivity contribution in [1.82, 2.24) is 4.90 Å². The Morgan fingerprint density at radius 3 is 2.29 bits per heavy atom. The molecule has 5 heteroatoms. The number of nitrogens with zero attached hydrogens (tertiary/aromatic N) is 1. The van der Waals surface area contributed by atoms with Crippen molar-refractivity contribution >= 4 is 11.9 Å². The van der Waals surface area contributed by atoms with E-state index in [4.69, 9.17) is 4.74 Å². The fraction of sp³-hybridized carbons (Fsp3) is 0.667. The number of hydrogen-bond donors (Lipinski definition) is 1. The molecule has 3 aliphatic rings. The van der Waals surface area contributed by atoms with E-state index < -0.39 is 17.8 Å². The zero-order valence-electron chi connectivity index (χ0n) is 9.41. The monoisotopic (exact) mass is 237 g/mol. The van der Waals surface area contributed by atoms with Crippen LogP contribution in [-0.4, -0.2) is 47.2 Å². The highest BCUT2D eigenvalue weighted by atomic mass is 16.5. The highest BCUT2D eigenvalue weighted by molar-refractivity contribution is 5.87. The van der Waals surface area contributed by atoms with E-state index in [2.05, 4.69) is 0 Å². The summed E-state index contributed by atoms with van der Waals surface area (Å²) in [6, 6.07) is 0. The molecule has 1 amide bonds. The van der Waals surface area contributed by atoms with Gasteiger partial charge < -0.3 is 14.7 Å². The molecular formula is C12H15NO4. The van der Waals surface area contributed by atoms with Gasteiger partial charge in [-0.15, -0.1) is 0 Å². The number of hydrogen-bond acceptors (Lipinski definition) is 3. The topological polar surface area (TPSA) is 66.8 Å². The average molecular weight is 237 g/mol. The SMILES string of the molecule is O=C(O)[C@@H]1[C@H](C(=O)N2CC=CC2)[C@H]2CC[C@@H]1O2. The molecule has 92 valence electrons. The summed E-state index contributed by atoms with van der Waals surface area (Å²) in [6.45, 7) is 1.19. The first kappa shape index (κ1) is 10.8. The van der Waals surface area contributed by atoms with Crippen molar-refractivity contribution in [2.24, 2.45) is 11.8 Å². The van der Waals surface area contributed by atoms with Crippen LogP contribution < -0.4 is 0 Å². The second-order valence-electron chi connectivity index (χ2n) is 4.89. The van der Waals surface area contributed by atoms with Crippen molar-refractivity contribution in [1.29, 1.82) is 0 Å². The number of amides is 1. The van der Waals surface area contributed by atoms with Crippen molar-refractivity contribution in [2.75, 3.05) is 13.1 Å². The molecule has 0 unspecified atom stereocenters. The van der Waals surface area contributed by atoms with E-state index >= 15 is 0 Å². The number of rotatable bonds is 2. The summed E-state index contributed by atoms with van der Waals surface area (Å²) in [4.78, 5) is 25.2. The van der Waals surface area contributed by atoms with Gasteiger partial charge in [-0.1, -0.05) is 12.2 Å². The smallest absolute Gasteiger partial charge is 0.310 e. The third-order valence-electron chi connectivity index (χ3n) is 3.97. The second-order valence-corrected chi connectivity index (χ2v) is 4.89. The molecule has 0 spiro atoms. The first-order valence-electron chi connectivity index (χ1n) is 6.00. The largest absolute Gasteiger partial charge is 0.481 e. The molecule has 0 aromatic heterocycles. The van der Waals surface area contributed by atoms with E-state index in [0.717, 1.165) is 12.8 Å². The van der Waals surface area contributed by atoms with Gasteiger partial charge in [0.05, 0.1) is 24.0 Å². The molecule has 3 heterocycles. The maximum absolute atomic E-state index is 12.3. The summed E-state index contributed by atoms with van der Waals surface area (Å²) < 4.78 is 5.59. The molecule has 0 saturated carbocycles. The quantitative estimate of drug-likeness (QED) is 0.700. The minimum absolute atomic E-state index is 0.0606. The van der Waals surface area contributed by atoms with Gasteiger partial charge in [-0.3, -0.25) is 9.59 Å². The summed E-state index contributed by atoms with van der Waals surface area (Å²) in [5.74, 6) is -2.09. The number of ether oxygens (including phenoxy) is 1. The van der Waals surface area contributed by atoms with Crippen LogP contribution in [0.2, 0.25) is 0 Å². The van der Waals surface area contributed by atoms with Crippen LogP contribution in [-0.2, 0) is 14.3 Å². The van der Waals surface area contributed by atoms with Crippen LogP contribution in [0.3, 0.4) is 0 Å². The molecule has 0 aromatic rings. The molecule has 2 fully saturated rings. The van der Waals surface area contributed by atoms with Gasteiger partial charge in [0.15, 0.2) is 0 Å². The maximum atomic E-state index is 12.3. The predicted molar refractivity (Wildman–Crippen MR) is 58.2 cm³/mol. The molecule has 0 aromatic carbocycles. The van der Waals surface area contributed by atoms with Gasteiger partial charge in [-0.05, 0) is 12.8 Å². The molecule has 3 rings (SSSR count). The molecule has 1 N–H and O–H groups in total. The minimum Gasteiger partial charge on any atom is -0.481 e. The predicted octanol–water partition coefficient (Wildman–Crippen LogP) is 0.263. The van der Waals surface area contributed by atoms with Crippen LogP contribution in [0.15, 0.2) is 12.2 Å². The van der Waals surface area contributed by atoms with Crippen LogP contribution in [0, 0.1) is 11.8 Å². The summed E-state index contributed by atoms with van der Waals surface area (Å²) in [6.07, 6.45) is 5.00. The normalized spacial score (nSPS) is 38.9. The van der Waals surface area contributed by atoms with Gasteiger partial charge in [-0.2, -0.15) is 0 Å². The van der Waals surface area contributed by atoms with E-state index in [0.29, 0.717) is 13.1 Å². The van der Waals surface area contributed by atoms with Gasteiger partial charge in [0, 0.05) is 13.1 Å². The Morgan fingerprint density at radius 2 is 1.71 bits per heavy atom. The third kappa shape index (κ3) is 1.57. The van der Waals surface area contributed by atoms with Crippen LogP contribution in [0.5, 0.6) is 0 Å². The summed E-state index contributed by atoms with van der Waals surface area (Å²) >= 11 is 0. The Labute approximate surface area is 99.0 Å². The van der Waals surface area contributed by atoms with E-state index in [1.54, 1.807) is 4.90 Å². The number of carboxylic acids is 1. The Balaban J connectivity index is 1.80. The Kier molecular flexibility index (Phi) is 2.43. The highest BCUT2D eigenvalue weighted by Gasteiger charge is 2.56. The molecule has 3 aliphatic heterocycles. The lowest BCUT2D eigenvalue weighted by Crippen LogP contribution is -2.45. The fourth-order valence-corrected chi connectivity index (χ4v) is 3.17. The number of carbonyl (C=O) groups excluding carboxylic acids is 1. The first-order chi connectivity index (χ1) is 8.18. The molecule has 0 aliphatic carbocycles. The highest BCUT2D eigenvalue weighted by Crippen LogP contribution is 2.44. The lowest BCUT2D eigenvalue weighted by atomic mass is 9.78. The van der Waals surface area contributed by atoms with E-state index in [9.17, 15) is 14.7 Å². The third-order valence-corrected chi connectivity index (χ3v) is 3.97. The molecular weight excluding hydrogens is 222 g/mol. The Morgan fingerprint density at radius 1 is 1.12 bits per heavy atom. The number of carboxylic acid groups (broad SMARTS) is 1. The maximum Gasteiger partial charge on any atom is 0.310 e. The molecule has 4 atom stereocenters. The summed E-state index contributed by atoms with van der Waals surface area (Å²) in [7, 11) is 0. The number of aliphatic carboxylic acids is 1. The fourth-order valence-electron chi connectivity index (χ4n) is 3.17. The first-order valence-corrected chi connectivity index (χ1v) is 6.00. The zero-order chi connectivity index (χ0) is 12.0.